The Labute approximate surface area is 105 Å². The summed E-state index contributed by atoms with van der Waals surface area (Å²) >= 11 is 0. The molecule has 1 amide bonds. The minimum atomic E-state index is -0.549. The summed E-state index contributed by atoms with van der Waals surface area (Å²) in [4.78, 5) is 23.2. The van der Waals surface area contributed by atoms with Crippen LogP contribution in [0.4, 0.5) is 5.69 Å². The van der Waals surface area contributed by atoms with Gasteiger partial charge >= 0.3 is 0 Å². The molecule has 0 radical (unpaired) electrons. The van der Waals surface area contributed by atoms with Gasteiger partial charge in [0.05, 0.1) is 5.69 Å². The zero-order valence-electron chi connectivity index (χ0n) is 10.4. The number of ketones is 1. The van der Waals surface area contributed by atoms with Crippen LogP contribution in [0.25, 0.3) is 0 Å². The quantitative estimate of drug-likeness (QED) is 0.791. The van der Waals surface area contributed by atoms with E-state index < -0.39 is 5.54 Å². The maximum Gasteiger partial charge on any atom is 0.262 e. The average Bonchev–Trinajstić information content (AvgIpc) is 2.25. The summed E-state index contributed by atoms with van der Waals surface area (Å²) in [6, 6.07) is 5.00. The van der Waals surface area contributed by atoms with E-state index in [0.717, 1.165) is 0 Å². The molecule has 96 valence electrons. The molecule has 0 unspecified atom stereocenters. The van der Waals surface area contributed by atoms with Gasteiger partial charge in [0.2, 0.25) is 0 Å². The number of amides is 1. The van der Waals surface area contributed by atoms with Gasteiger partial charge < -0.3 is 15.8 Å². The van der Waals surface area contributed by atoms with Crippen LogP contribution in [0.2, 0.25) is 0 Å². The molecule has 5 heteroatoms. The molecule has 0 saturated heterocycles. The van der Waals surface area contributed by atoms with Crippen molar-refractivity contribution in [1.29, 1.82) is 0 Å². The minimum absolute atomic E-state index is 0.0100. The van der Waals surface area contributed by atoms with Crippen LogP contribution in [0.3, 0.4) is 0 Å². The SMILES string of the molecule is CC(C)(N)CC(=O)c1ccc2c(c1)NC(=O)CO2. The van der Waals surface area contributed by atoms with Gasteiger partial charge in [0.15, 0.2) is 12.4 Å². The highest BCUT2D eigenvalue weighted by molar-refractivity contribution is 6.01. The van der Waals surface area contributed by atoms with Gasteiger partial charge in [-0.2, -0.15) is 0 Å². The fraction of sp³-hybridized carbons (Fsp3) is 0.385. The van der Waals surface area contributed by atoms with Crippen LogP contribution in [0.5, 0.6) is 5.75 Å². The summed E-state index contributed by atoms with van der Waals surface area (Å²) in [5.41, 5.74) is 6.33. The Morgan fingerprint density at radius 1 is 1.50 bits per heavy atom. The van der Waals surface area contributed by atoms with Crippen molar-refractivity contribution in [2.45, 2.75) is 25.8 Å². The molecule has 2 rings (SSSR count). The van der Waals surface area contributed by atoms with Crippen molar-refractivity contribution in [2.24, 2.45) is 5.73 Å². The van der Waals surface area contributed by atoms with E-state index >= 15 is 0 Å². The molecule has 1 aliphatic heterocycles. The number of nitrogens with two attached hydrogens (primary N) is 1. The van der Waals surface area contributed by atoms with Crippen molar-refractivity contribution < 1.29 is 14.3 Å². The topological polar surface area (TPSA) is 81.4 Å². The number of hydrogen-bond acceptors (Lipinski definition) is 4. The average molecular weight is 248 g/mol. The molecule has 5 nitrogen and oxygen atoms in total. The van der Waals surface area contributed by atoms with E-state index in [-0.39, 0.29) is 24.7 Å². The molecule has 0 atom stereocenters. The van der Waals surface area contributed by atoms with Crippen molar-refractivity contribution in [1.82, 2.24) is 0 Å². The van der Waals surface area contributed by atoms with Crippen LogP contribution in [0, 0.1) is 0 Å². The van der Waals surface area contributed by atoms with Crippen LogP contribution in [0.15, 0.2) is 18.2 Å². The molecule has 18 heavy (non-hydrogen) atoms. The van der Waals surface area contributed by atoms with Gasteiger partial charge in [0, 0.05) is 17.5 Å². The standard InChI is InChI=1S/C13H16N2O3/c1-13(2,14)6-10(16)8-3-4-11-9(5-8)15-12(17)7-18-11/h3-5H,6-7,14H2,1-2H3,(H,15,17). The molecule has 0 saturated carbocycles. The number of anilines is 1. The van der Waals surface area contributed by atoms with E-state index in [2.05, 4.69) is 5.32 Å². The highest BCUT2D eigenvalue weighted by Gasteiger charge is 2.21. The predicted molar refractivity (Wildman–Crippen MR) is 67.8 cm³/mol. The summed E-state index contributed by atoms with van der Waals surface area (Å²) in [5.74, 6) is 0.314. The number of carbonyl (C=O) groups is 2. The van der Waals surface area contributed by atoms with E-state index in [9.17, 15) is 9.59 Å². The Balaban J connectivity index is 2.23. The Morgan fingerprint density at radius 2 is 2.22 bits per heavy atom. The molecule has 1 heterocycles. The molecular weight excluding hydrogens is 232 g/mol. The summed E-state index contributed by atoms with van der Waals surface area (Å²) in [5, 5.41) is 2.67. The first-order valence-corrected chi connectivity index (χ1v) is 5.74. The normalized spacial score (nSPS) is 14.5. The van der Waals surface area contributed by atoms with Crippen molar-refractivity contribution in [2.75, 3.05) is 11.9 Å². The highest BCUT2D eigenvalue weighted by Crippen LogP contribution is 2.29. The van der Waals surface area contributed by atoms with Gasteiger partial charge in [-0.15, -0.1) is 0 Å². The first-order valence-electron chi connectivity index (χ1n) is 5.74. The van der Waals surface area contributed by atoms with Gasteiger partial charge in [-0.3, -0.25) is 9.59 Å². The second-order valence-corrected chi connectivity index (χ2v) is 5.14. The smallest absolute Gasteiger partial charge is 0.262 e. The second kappa shape index (κ2) is 4.42. The van der Waals surface area contributed by atoms with Gasteiger partial charge in [-0.05, 0) is 32.0 Å². The van der Waals surface area contributed by atoms with E-state index in [0.29, 0.717) is 17.0 Å². The number of benzene rings is 1. The minimum Gasteiger partial charge on any atom is -0.482 e. The first-order chi connectivity index (χ1) is 8.35. The highest BCUT2D eigenvalue weighted by atomic mass is 16.5. The number of rotatable bonds is 3. The Hall–Kier alpha value is -1.88. The molecule has 0 fully saturated rings. The van der Waals surface area contributed by atoms with Gasteiger partial charge in [-0.1, -0.05) is 0 Å². The largest absolute Gasteiger partial charge is 0.482 e. The Kier molecular flexibility index (Phi) is 3.09. The van der Waals surface area contributed by atoms with Crippen LogP contribution in [-0.4, -0.2) is 23.8 Å². The fourth-order valence-corrected chi connectivity index (χ4v) is 1.77. The molecule has 1 aliphatic rings. The predicted octanol–water partition coefficient (Wildman–Crippen LogP) is 1.33. The third kappa shape index (κ3) is 2.87. The summed E-state index contributed by atoms with van der Waals surface area (Å²) in [6.07, 6.45) is 0.251. The van der Waals surface area contributed by atoms with E-state index in [1.807, 2.05) is 0 Å². The first kappa shape index (κ1) is 12.6. The molecule has 0 aliphatic carbocycles. The Morgan fingerprint density at radius 3 is 2.89 bits per heavy atom. The summed E-state index contributed by atoms with van der Waals surface area (Å²) < 4.78 is 5.22. The van der Waals surface area contributed by atoms with Gasteiger partial charge in [-0.25, -0.2) is 0 Å². The molecule has 0 aromatic heterocycles. The third-order valence-corrected chi connectivity index (χ3v) is 2.55. The van der Waals surface area contributed by atoms with Gasteiger partial charge in [0.25, 0.3) is 5.91 Å². The number of hydrogen-bond donors (Lipinski definition) is 2. The number of nitrogens with one attached hydrogen (secondary N) is 1. The van der Waals surface area contributed by atoms with Crippen molar-refractivity contribution >= 4 is 17.4 Å². The maximum atomic E-state index is 12.0. The molecule has 0 bridgehead atoms. The lowest BCUT2D eigenvalue weighted by atomic mass is 9.95. The van der Waals surface area contributed by atoms with E-state index in [4.69, 9.17) is 10.5 Å². The molecular formula is C13H16N2O3. The second-order valence-electron chi connectivity index (χ2n) is 5.14. The van der Waals surface area contributed by atoms with E-state index in [1.54, 1.807) is 32.0 Å². The third-order valence-electron chi connectivity index (χ3n) is 2.55. The molecule has 0 spiro atoms. The zero-order valence-corrected chi connectivity index (χ0v) is 10.4. The number of ether oxygens (including phenoxy) is 1. The van der Waals surface area contributed by atoms with Crippen molar-refractivity contribution in [3.8, 4) is 5.75 Å². The summed E-state index contributed by atoms with van der Waals surface area (Å²) in [7, 11) is 0. The van der Waals surface area contributed by atoms with Crippen molar-refractivity contribution in [3.05, 3.63) is 23.8 Å². The zero-order chi connectivity index (χ0) is 13.3. The molecule has 1 aromatic rings. The lowest BCUT2D eigenvalue weighted by molar-refractivity contribution is -0.118. The number of fused-ring (bicyclic) bond motifs is 1. The van der Waals surface area contributed by atoms with Gasteiger partial charge in [0.1, 0.15) is 5.75 Å². The van der Waals surface area contributed by atoms with Crippen LogP contribution in [0.1, 0.15) is 30.6 Å². The Bertz CT molecular complexity index is 503. The van der Waals surface area contributed by atoms with E-state index in [1.165, 1.54) is 0 Å². The maximum absolute atomic E-state index is 12.0. The van der Waals surface area contributed by atoms with Crippen molar-refractivity contribution in [3.63, 3.8) is 0 Å². The summed E-state index contributed by atoms with van der Waals surface area (Å²) in [6.45, 7) is 3.61. The van der Waals surface area contributed by atoms with Crippen LogP contribution < -0.4 is 15.8 Å². The lowest BCUT2D eigenvalue weighted by Gasteiger charge is -2.20. The molecule has 3 N–H and O–H groups in total. The lowest BCUT2D eigenvalue weighted by Crippen LogP contribution is -2.34. The number of Topliss-reactive ketones (excluding diaryl/α,β-unsaturated/α-hetero) is 1. The molecule has 1 aromatic carbocycles. The van der Waals surface area contributed by atoms with Crippen LogP contribution >= 0.6 is 0 Å². The number of carbonyl (C=O) groups excluding carboxylic acids is 2. The monoisotopic (exact) mass is 248 g/mol. The van der Waals surface area contributed by atoms with Crippen LogP contribution in [-0.2, 0) is 4.79 Å². The fourth-order valence-electron chi connectivity index (χ4n) is 1.77.